The molecule has 128 valence electrons. The van der Waals surface area contributed by atoms with E-state index in [4.69, 9.17) is 9.47 Å². The Bertz CT molecular complexity index is 673. The van der Waals surface area contributed by atoms with Gasteiger partial charge in [-0.3, -0.25) is 4.79 Å². The van der Waals surface area contributed by atoms with E-state index in [0.29, 0.717) is 19.0 Å². The SMILES string of the molecule is COCCOc1ccccc1N[C@H](C)C(=O)Nc1ccccc1C. The fourth-order valence-electron chi connectivity index (χ4n) is 2.20. The van der Waals surface area contributed by atoms with Gasteiger partial charge in [0.25, 0.3) is 0 Å². The van der Waals surface area contributed by atoms with Crippen molar-refractivity contribution in [1.29, 1.82) is 0 Å². The fourth-order valence-corrected chi connectivity index (χ4v) is 2.20. The number of ether oxygens (including phenoxy) is 2. The van der Waals surface area contributed by atoms with Crippen LogP contribution in [0.1, 0.15) is 12.5 Å². The van der Waals surface area contributed by atoms with Crippen molar-refractivity contribution in [2.75, 3.05) is 31.0 Å². The Morgan fingerprint density at radius 1 is 1.04 bits per heavy atom. The third-order valence-electron chi connectivity index (χ3n) is 3.60. The molecular formula is C19H24N2O3. The smallest absolute Gasteiger partial charge is 0.246 e. The number of carbonyl (C=O) groups excluding carboxylic acids is 1. The van der Waals surface area contributed by atoms with Crippen molar-refractivity contribution in [3.05, 3.63) is 54.1 Å². The summed E-state index contributed by atoms with van der Waals surface area (Å²) in [6.07, 6.45) is 0. The van der Waals surface area contributed by atoms with Gasteiger partial charge in [-0.2, -0.15) is 0 Å². The lowest BCUT2D eigenvalue weighted by Crippen LogP contribution is -2.32. The fraction of sp³-hybridized carbons (Fsp3) is 0.316. The Balaban J connectivity index is 2.00. The van der Waals surface area contributed by atoms with Crippen molar-refractivity contribution in [3.8, 4) is 5.75 Å². The van der Waals surface area contributed by atoms with E-state index in [1.54, 1.807) is 7.11 Å². The van der Waals surface area contributed by atoms with Gasteiger partial charge in [0.15, 0.2) is 0 Å². The number of methoxy groups -OCH3 is 1. The largest absolute Gasteiger partial charge is 0.489 e. The van der Waals surface area contributed by atoms with E-state index in [1.807, 2.05) is 62.4 Å². The molecule has 5 heteroatoms. The van der Waals surface area contributed by atoms with E-state index >= 15 is 0 Å². The maximum absolute atomic E-state index is 12.4. The predicted octanol–water partition coefficient (Wildman–Crippen LogP) is 3.46. The van der Waals surface area contributed by atoms with Crippen molar-refractivity contribution >= 4 is 17.3 Å². The number of nitrogens with one attached hydrogen (secondary N) is 2. The topological polar surface area (TPSA) is 59.6 Å². The van der Waals surface area contributed by atoms with E-state index in [1.165, 1.54) is 0 Å². The number of hydrogen-bond donors (Lipinski definition) is 2. The standard InChI is InChI=1S/C19H24N2O3/c1-14-8-4-5-9-16(14)21-19(22)15(2)20-17-10-6-7-11-18(17)24-13-12-23-3/h4-11,15,20H,12-13H2,1-3H3,(H,21,22)/t15-/m1/s1. The molecule has 1 amide bonds. The molecule has 2 aromatic carbocycles. The van der Waals surface area contributed by atoms with Gasteiger partial charge >= 0.3 is 0 Å². The van der Waals surface area contributed by atoms with Crippen LogP contribution in [0.5, 0.6) is 5.75 Å². The van der Waals surface area contributed by atoms with Gasteiger partial charge in [-0.15, -0.1) is 0 Å². The Kier molecular flexibility index (Phi) is 6.63. The highest BCUT2D eigenvalue weighted by molar-refractivity contribution is 5.97. The molecule has 0 spiro atoms. The number of benzene rings is 2. The molecule has 0 aliphatic rings. The van der Waals surface area contributed by atoms with Crippen molar-refractivity contribution in [3.63, 3.8) is 0 Å². The van der Waals surface area contributed by atoms with Crippen LogP contribution in [0.4, 0.5) is 11.4 Å². The van der Waals surface area contributed by atoms with Crippen LogP contribution in [0.2, 0.25) is 0 Å². The minimum atomic E-state index is -0.406. The maximum atomic E-state index is 12.4. The molecule has 2 N–H and O–H groups in total. The minimum Gasteiger partial charge on any atom is -0.489 e. The molecule has 0 aliphatic carbocycles. The number of carbonyl (C=O) groups is 1. The molecule has 0 saturated heterocycles. The first-order valence-electron chi connectivity index (χ1n) is 7.95. The van der Waals surface area contributed by atoms with Crippen LogP contribution in [0.25, 0.3) is 0 Å². The van der Waals surface area contributed by atoms with Gasteiger partial charge in [0.1, 0.15) is 18.4 Å². The minimum absolute atomic E-state index is 0.101. The molecule has 24 heavy (non-hydrogen) atoms. The van der Waals surface area contributed by atoms with Gasteiger partial charge in [0.2, 0.25) is 5.91 Å². The molecular weight excluding hydrogens is 304 g/mol. The van der Waals surface area contributed by atoms with Gasteiger partial charge in [-0.05, 0) is 37.6 Å². The van der Waals surface area contributed by atoms with Crippen molar-refractivity contribution < 1.29 is 14.3 Å². The Labute approximate surface area is 143 Å². The Hall–Kier alpha value is -2.53. The summed E-state index contributed by atoms with van der Waals surface area (Å²) in [5, 5.41) is 6.14. The van der Waals surface area contributed by atoms with E-state index in [0.717, 1.165) is 16.9 Å². The summed E-state index contributed by atoms with van der Waals surface area (Å²) in [5.74, 6) is 0.598. The second kappa shape index (κ2) is 8.93. The van der Waals surface area contributed by atoms with Crippen LogP contribution in [-0.4, -0.2) is 32.3 Å². The maximum Gasteiger partial charge on any atom is 0.246 e. The summed E-state index contributed by atoms with van der Waals surface area (Å²) < 4.78 is 10.7. The van der Waals surface area contributed by atoms with E-state index in [-0.39, 0.29) is 5.91 Å². The highest BCUT2D eigenvalue weighted by Crippen LogP contribution is 2.24. The summed E-state index contributed by atoms with van der Waals surface area (Å²) in [5.41, 5.74) is 2.63. The third-order valence-corrected chi connectivity index (χ3v) is 3.60. The Morgan fingerprint density at radius 2 is 1.71 bits per heavy atom. The molecule has 2 aromatic rings. The molecule has 0 bridgehead atoms. The van der Waals surface area contributed by atoms with Crippen LogP contribution in [-0.2, 0) is 9.53 Å². The normalized spacial score (nSPS) is 11.6. The molecule has 0 radical (unpaired) electrons. The van der Waals surface area contributed by atoms with Crippen LogP contribution < -0.4 is 15.4 Å². The lowest BCUT2D eigenvalue weighted by Gasteiger charge is -2.18. The Morgan fingerprint density at radius 3 is 2.42 bits per heavy atom. The predicted molar refractivity (Wildman–Crippen MR) is 96.7 cm³/mol. The zero-order chi connectivity index (χ0) is 17.4. The van der Waals surface area contributed by atoms with Gasteiger partial charge < -0.3 is 20.1 Å². The van der Waals surface area contributed by atoms with E-state index < -0.39 is 6.04 Å². The molecule has 2 rings (SSSR count). The molecule has 0 aromatic heterocycles. The van der Waals surface area contributed by atoms with Gasteiger partial charge in [0.05, 0.1) is 12.3 Å². The van der Waals surface area contributed by atoms with E-state index in [9.17, 15) is 4.79 Å². The zero-order valence-electron chi connectivity index (χ0n) is 14.3. The quantitative estimate of drug-likeness (QED) is 0.729. The lowest BCUT2D eigenvalue weighted by molar-refractivity contribution is -0.116. The molecule has 0 unspecified atom stereocenters. The molecule has 0 heterocycles. The number of amides is 1. The summed E-state index contributed by atoms with van der Waals surface area (Å²) in [6, 6.07) is 14.8. The average Bonchev–Trinajstić information content (AvgIpc) is 2.58. The highest BCUT2D eigenvalue weighted by atomic mass is 16.5. The molecule has 5 nitrogen and oxygen atoms in total. The number of aryl methyl sites for hydroxylation is 1. The van der Waals surface area contributed by atoms with Gasteiger partial charge in [-0.25, -0.2) is 0 Å². The second-order valence-electron chi connectivity index (χ2n) is 5.51. The summed E-state index contributed by atoms with van der Waals surface area (Å²) in [6.45, 7) is 4.75. The third kappa shape index (κ3) is 4.99. The van der Waals surface area contributed by atoms with Crippen LogP contribution in [0, 0.1) is 6.92 Å². The number of rotatable bonds is 8. The second-order valence-corrected chi connectivity index (χ2v) is 5.51. The average molecular weight is 328 g/mol. The van der Waals surface area contributed by atoms with Crippen LogP contribution >= 0.6 is 0 Å². The number of para-hydroxylation sites is 3. The summed E-state index contributed by atoms with van der Waals surface area (Å²) >= 11 is 0. The van der Waals surface area contributed by atoms with Crippen molar-refractivity contribution in [2.24, 2.45) is 0 Å². The first kappa shape index (κ1) is 17.8. The molecule has 0 saturated carbocycles. The monoisotopic (exact) mass is 328 g/mol. The summed E-state index contributed by atoms with van der Waals surface area (Å²) in [7, 11) is 1.63. The van der Waals surface area contributed by atoms with Gasteiger partial charge in [-0.1, -0.05) is 30.3 Å². The summed E-state index contributed by atoms with van der Waals surface area (Å²) in [4.78, 5) is 12.4. The first-order valence-corrected chi connectivity index (χ1v) is 7.95. The lowest BCUT2D eigenvalue weighted by atomic mass is 10.2. The molecule has 0 aliphatic heterocycles. The van der Waals surface area contributed by atoms with Gasteiger partial charge in [0, 0.05) is 12.8 Å². The zero-order valence-corrected chi connectivity index (χ0v) is 14.3. The van der Waals surface area contributed by atoms with Crippen molar-refractivity contribution in [1.82, 2.24) is 0 Å². The first-order chi connectivity index (χ1) is 11.6. The number of hydrogen-bond acceptors (Lipinski definition) is 4. The molecule has 1 atom stereocenters. The van der Waals surface area contributed by atoms with Crippen molar-refractivity contribution in [2.45, 2.75) is 19.9 Å². The van der Waals surface area contributed by atoms with E-state index in [2.05, 4.69) is 10.6 Å². The molecule has 0 fully saturated rings. The highest BCUT2D eigenvalue weighted by Gasteiger charge is 2.15. The van der Waals surface area contributed by atoms with Crippen LogP contribution in [0.3, 0.4) is 0 Å². The van der Waals surface area contributed by atoms with Crippen LogP contribution in [0.15, 0.2) is 48.5 Å². The number of anilines is 2.